The van der Waals surface area contributed by atoms with E-state index in [1.807, 2.05) is 22.8 Å². The molecule has 1 aromatic carbocycles. The maximum atomic E-state index is 12.7. The van der Waals surface area contributed by atoms with Crippen LogP contribution in [0.3, 0.4) is 0 Å². The Hall–Kier alpha value is -3.37. The number of rotatable bonds is 9. The van der Waals surface area contributed by atoms with Gasteiger partial charge in [0.2, 0.25) is 0 Å². The van der Waals surface area contributed by atoms with Crippen LogP contribution in [-0.4, -0.2) is 61.5 Å². The molecule has 3 heterocycles. The number of carbonyl (C=O) groups is 1. The molecule has 3 aromatic rings. The fourth-order valence-corrected chi connectivity index (χ4v) is 4.06. The first kappa shape index (κ1) is 22.8. The van der Waals surface area contributed by atoms with Crippen molar-refractivity contribution in [3.05, 3.63) is 54.2 Å². The van der Waals surface area contributed by atoms with Crippen molar-refractivity contribution >= 4 is 11.6 Å². The van der Waals surface area contributed by atoms with E-state index in [9.17, 15) is 9.90 Å². The van der Waals surface area contributed by atoms with Crippen molar-refractivity contribution in [2.45, 2.75) is 38.9 Å². The van der Waals surface area contributed by atoms with Gasteiger partial charge < -0.3 is 25.6 Å². The van der Waals surface area contributed by atoms with Gasteiger partial charge in [-0.25, -0.2) is 9.97 Å². The molecular weight excluding hydrogens is 420 g/mol. The first-order valence-electron chi connectivity index (χ1n) is 11.3. The average Bonchev–Trinajstić information content (AvgIpc) is 3.25. The fourth-order valence-electron chi connectivity index (χ4n) is 4.06. The molecule has 4 rings (SSSR count). The Bertz CT molecular complexity index is 1060. The molecule has 1 amide bonds. The molecule has 4 N–H and O–H groups in total. The Morgan fingerprint density at radius 1 is 1.30 bits per heavy atom. The van der Waals surface area contributed by atoms with Crippen molar-refractivity contribution < 1.29 is 9.90 Å². The average molecular weight is 451 g/mol. The summed E-state index contributed by atoms with van der Waals surface area (Å²) < 4.78 is 1.82. The third kappa shape index (κ3) is 5.71. The molecule has 1 aliphatic rings. The standard InChI is InChI=1S/C23H30N8O2/c1-16-4-3-8-25-20(16)13-27-23(33)17-5-2-6-18(12-17)26-14-21-29-30-22(31(21)10-11-32)19-7-9-24-15-28-19/h2,5-7,9,12,15-16,20,25-26,32H,3-4,8,10-11,13-14H2,1H3,(H,27,33). The number of piperidine rings is 1. The second kappa shape index (κ2) is 11.0. The van der Waals surface area contributed by atoms with Crippen molar-refractivity contribution in [1.82, 2.24) is 35.4 Å². The van der Waals surface area contributed by atoms with Gasteiger partial charge in [0.1, 0.15) is 12.0 Å². The number of amides is 1. The Balaban J connectivity index is 1.40. The zero-order valence-electron chi connectivity index (χ0n) is 18.7. The van der Waals surface area contributed by atoms with Crippen LogP contribution in [0.2, 0.25) is 0 Å². The summed E-state index contributed by atoms with van der Waals surface area (Å²) in [5.74, 6) is 1.69. The molecular formula is C23H30N8O2. The van der Waals surface area contributed by atoms with E-state index >= 15 is 0 Å². The first-order chi connectivity index (χ1) is 16.2. The summed E-state index contributed by atoms with van der Waals surface area (Å²) in [6, 6.07) is 9.44. The Labute approximate surface area is 192 Å². The van der Waals surface area contributed by atoms with E-state index in [0.717, 1.165) is 12.2 Å². The highest BCUT2D eigenvalue weighted by atomic mass is 16.3. The van der Waals surface area contributed by atoms with Crippen molar-refractivity contribution in [2.24, 2.45) is 5.92 Å². The molecule has 1 saturated heterocycles. The monoisotopic (exact) mass is 450 g/mol. The largest absolute Gasteiger partial charge is 0.395 e. The molecule has 0 saturated carbocycles. The topological polar surface area (TPSA) is 130 Å². The van der Waals surface area contributed by atoms with Crippen LogP contribution in [0.15, 0.2) is 42.9 Å². The molecule has 1 aliphatic heterocycles. The van der Waals surface area contributed by atoms with Crippen molar-refractivity contribution in [2.75, 3.05) is 25.0 Å². The van der Waals surface area contributed by atoms with E-state index in [0.29, 0.717) is 54.5 Å². The number of anilines is 1. The number of aromatic nitrogens is 5. The maximum Gasteiger partial charge on any atom is 0.251 e. The molecule has 10 heteroatoms. The second-order valence-electron chi connectivity index (χ2n) is 8.23. The Kier molecular flexibility index (Phi) is 7.59. The third-order valence-electron chi connectivity index (χ3n) is 5.95. The van der Waals surface area contributed by atoms with Gasteiger partial charge in [0, 0.05) is 36.6 Å². The number of nitrogens with one attached hydrogen (secondary N) is 3. The van der Waals surface area contributed by atoms with Crippen LogP contribution in [0.25, 0.3) is 11.5 Å². The molecule has 0 aliphatic carbocycles. The minimum Gasteiger partial charge on any atom is -0.395 e. The zero-order chi connectivity index (χ0) is 23.0. The van der Waals surface area contributed by atoms with E-state index in [-0.39, 0.29) is 12.5 Å². The van der Waals surface area contributed by atoms with Crippen LogP contribution in [0.5, 0.6) is 0 Å². The number of carbonyl (C=O) groups excluding carboxylic acids is 1. The summed E-state index contributed by atoms with van der Waals surface area (Å²) in [6.07, 6.45) is 5.46. The highest BCUT2D eigenvalue weighted by Gasteiger charge is 2.21. The summed E-state index contributed by atoms with van der Waals surface area (Å²) in [5.41, 5.74) is 2.04. The molecule has 0 bridgehead atoms. The molecule has 2 atom stereocenters. The SMILES string of the molecule is CC1CCCNC1CNC(=O)c1cccc(NCc2nnc(-c3ccncn3)n2CCO)c1. The summed E-state index contributed by atoms with van der Waals surface area (Å²) in [5, 5.41) is 27.8. The number of benzene rings is 1. The summed E-state index contributed by atoms with van der Waals surface area (Å²) in [7, 11) is 0. The Morgan fingerprint density at radius 3 is 3.00 bits per heavy atom. The van der Waals surface area contributed by atoms with Crippen LogP contribution >= 0.6 is 0 Å². The lowest BCUT2D eigenvalue weighted by atomic mass is 9.93. The highest BCUT2D eigenvalue weighted by Crippen LogP contribution is 2.18. The lowest BCUT2D eigenvalue weighted by Gasteiger charge is -2.30. The van der Waals surface area contributed by atoms with E-state index in [1.54, 1.807) is 18.3 Å². The van der Waals surface area contributed by atoms with E-state index in [1.165, 1.54) is 19.2 Å². The maximum absolute atomic E-state index is 12.7. The van der Waals surface area contributed by atoms with Crippen LogP contribution in [0, 0.1) is 5.92 Å². The van der Waals surface area contributed by atoms with Gasteiger partial charge in [0.15, 0.2) is 11.6 Å². The van der Waals surface area contributed by atoms with E-state index < -0.39 is 0 Å². The number of aliphatic hydroxyl groups is 1. The van der Waals surface area contributed by atoms with E-state index in [2.05, 4.69) is 43.0 Å². The Morgan fingerprint density at radius 2 is 2.21 bits per heavy atom. The van der Waals surface area contributed by atoms with Crippen molar-refractivity contribution in [3.63, 3.8) is 0 Å². The van der Waals surface area contributed by atoms with Gasteiger partial charge in [-0.2, -0.15) is 0 Å². The van der Waals surface area contributed by atoms with Gasteiger partial charge in [-0.1, -0.05) is 13.0 Å². The number of hydrogen-bond acceptors (Lipinski definition) is 8. The molecule has 10 nitrogen and oxygen atoms in total. The van der Waals surface area contributed by atoms with Crippen molar-refractivity contribution in [3.8, 4) is 11.5 Å². The molecule has 2 unspecified atom stereocenters. The highest BCUT2D eigenvalue weighted by molar-refractivity contribution is 5.95. The van der Waals surface area contributed by atoms with Crippen LogP contribution in [0.1, 0.15) is 35.9 Å². The molecule has 0 spiro atoms. The molecule has 2 aromatic heterocycles. The summed E-state index contributed by atoms with van der Waals surface area (Å²) in [6.45, 7) is 4.52. The second-order valence-corrected chi connectivity index (χ2v) is 8.23. The smallest absolute Gasteiger partial charge is 0.251 e. The van der Waals surface area contributed by atoms with Gasteiger partial charge in [0.05, 0.1) is 13.2 Å². The predicted molar refractivity (Wildman–Crippen MR) is 124 cm³/mol. The predicted octanol–water partition coefficient (Wildman–Crippen LogP) is 1.46. The minimum atomic E-state index is -0.0901. The zero-order valence-corrected chi connectivity index (χ0v) is 18.7. The van der Waals surface area contributed by atoms with Crippen LogP contribution in [0.4, 0.5) is 5.69 Å². The fraction of sp³-hybridized carbons (Fsp3) is 0.435. The van der Waals surface area contributed by atoms with Gasteiger partial charge >= 0.3 is 0 Å². The quantitative estimate of drug-likeness (QED) is 0.386. The lowest BCUT2D eigenvalue weighted by Crippen LogP contribution is -2.47. The summed E-state index contributed by atoms with van der Waals surface area (Å²) in [4.78, 5) is 20.8. The van der Waals surface area contributed by atoms with Crippen LogP contribution in [-0.2, 0) is 13.1 Å². The number of nitrogens with zero attached hydrogens (tertiary/aromatic N) is 5. The molecule has 33 heavy (non-hydrogen) atoms. The number of aliphatic hydroxyl groups excluding tert-OH is 1. The van der Waals surface area contributed by atoms with Crippen LogP contribution < -0.4 is 16.0 Å². The van der Waals surface area contributed by atoms with Gasteiger partial charge in [-0.05, 0) is 49.6 Å². The van der Waals surface area contributed by atoms with Crippen molar-refractivity contribution in [1.29, 1.82) is 0 Å². The first-order valence-corrected chi connectivity index (χ1v) is 11.3. The van der Waals surface area contributed by atoms with E-state index in [4.69, 9.17) is 0 Å². The van der Waals surface area contributed by atoms with Gasteiger partial charge in [0.25, 0.3) is 5.91 Å². The minimum absolute atomic E-state index is 0.0484. The number of hydrogen-bond donors (Lipinski definition) is 4. The summed E-state index contributed by atoms with van der Waals surface area (Å²) >= 11 is 0. The third-order valence-corrected chi connectivity index (χ3v) is 5.95. The van der Waals surface area contributed by atoms with Gasteiger partial charge in [-0.15, -0.1) is 10.2 Å². The molecule has 174 valence electrons. The normalized spacial score (nSPS) is 18.1. The molecule has 1 fully saturated rings. The lowest BCUT2D eigenvalue weighted by molar-refractivity contribution is 0.0943. The van der Waals surface area contributed by atoms with Gasteiger partial charge in [-0.3, -0.25) is 4.79 Å². The molecule has 0 radical (unpaired) electrons.